The van der Waals surface area contributed by atoms with Crippen molar-refractivity contribution in [3.05, 3.63) is 70.6 Å². The lowest BCUT2D eigenvalue weighted by atomic mass is 9.84. The van der Waals surface area contributed by atoms with Gasteiger partial charge < -0.3 is 4.74 Å². The van der Waals surface area contributed by atoms with E-state index in [1.807, 2.05) is 48.7 Å². The van der Waals surface area contributed by atoms with Gasteiger partial charge in [0.05, 0.1) is 23.4 Å². The van der Waals surface area contributed by atoms with E-state index < -0.39 is 9.84 Å². The molecular weight excluding hydrogens is 406 g/mol. The van der Waals surface area contributed by atoms with E-state index in [0.29, 0.717) is 24.3 Å². The van der Waals surface area contributed by atoms with Gasteiger partial charge in [-0.05, 0) is 66.8 Å². The third-order valence-electron chi connectivity index (χ3n) is 5.29. The Kier molecular flexibility index (Phi) is 7.61. The fraction of sp³-hybridized carbons (Fsp3) is 0.429. The first-order valence-corrected chi connectivity index (χ1v) is 12.5. The van der Waals surface area contributed by atoms with E-state index in [0.717, 1.165) is 16.9 Å². The third kappa shape index (κ3) is 6.00. The number of hydrogen-bond acceptors (Lipinski definition) is 5. The van der Waals surface area contributed by atoms with Crippen LogP contribution in [-0.2, 0) is 21.2 Å². The minimum absolute atomic E-state index is 0.0132. The van der Waals surface area contributed by atoms with Crippen LogP contribution in [0.2, 0.25) is 0 Å². The Labute approximate surface area is 176 Å². The molecule has 0 aliphatic heterocycles. The zero-order valence-electron chi connectivity index (χ0n) is 16.3. The molecule has 3 rings (SSSR count). The van der Waals surface area contributed by atoms with Gasteiger partial charge in [0.1, 0.15) is 0 Å². The number of nitrogens with zero attached hydrogens (tertiary/aromatic N) is 3. The number of hydrogen-bond donors (Lipinski definition) is 0. The standard InChI is InChI=1S/C21H25N3O3S2/c1-28-19-9-11-20(12-10-19)29(25,26)15-17-7-8-18(13-21(17)23-24-22)27-14-16-5-3-2-4-6-16/h2-6,9-12,17-18,21H,7-8,13-15H2,1H3/t17?,18-,21-/m1/s1. The summed E-state index contributed by atoms with van der Waals surface area (Å²) in [4.78, 5) is 4.30. The SMILES string of the molecule is CSc1ccc(S(=O)(=O)CC2CC[C@@H](OCc3ccccc3)C[C@H]2N=[N+]=[N-])cc1. The maximum Gasteiger partial charge on any atom is 0.178 e. The molecule has 8 heteroatoms. The van der Waals surface area contributed by atoms with Gasteiger partial charge in [0.25, 0.3) is 0 Å². The highest BCUT2D eigenvalue weighted by molar-refractivity contribution is 7.98. The van der Waals surface area contributed by atoms with Gasteiger partial charge in [0.2, 0.25) is 0 Å². The molecule has 2 aromatic carbocycles. The summed E-state index contributed by atoms with van der Waals surface area (Å²) < 4.78 is 31.7. The first-order valence-electron chi connectivity index (χ1n) is 9.58. The summed E-state index contributed by atoms with van der Waals surface area (Å²) in [6, 6.07) is 16.5. The molecule has 0 heterocycles. The molecule has 0 amide bonds. The van der Waals surface area contributed by atoms with Crippen molar-refractivity contribution >= 4 is 21.6 Å². The van der Waals surface area contributed by atoms with Crippen LogP contribution in [0.5, 0.6) is 0 Å². The topological polar surface area (TPSA) is 92.1 Å². The normalized spacial score (nSPS) is 22.0. The minimum Gasteiger partial charge on any atom is -0.374 e. The fourth-order valence-electron chi connectivity index (χ4n) is 3.67. The third-order valence-corrected chi connectivity index (χ3v) is 7.89. The van der Waals surface area contributed by atoms with Crippen molar-refractivity contribution in [1.82, 2.24) is 0 Å². The number of benzene rings is 2. The number of thioether (sulfide) groups is 1. The summed E-state index contributed by atoms with van der Waals surface area (Å²) in [6.07, 6.45) is 3.88. The second-order valence-electron chi connectivity index (χ2n) is 7.22. The zero-order chi connectivity index (χ0) is 20.7. The van der Waals surface area contributed by atoms with Crippen molar-refractivity contribution in [3.63, 3.8) is 0 Å². The summed E-state index contributed by atoms with van der Waals surface area (Å²) in [5.74, 6) is -0.214. The van der Waals surface area contributed by atoms with Gasteiger partial charge in [-0.2, -0.15) is 0 Å². The minimum atomic E-state index is -3.44. The molecule has 154 valence electrons. The molecule has 0 N–H and O–H groups in total. The molecule has 2 aromatic rings. The Morgan fingerprint density at radius 3 is 2.52 bits per heavy atom. The van der Waals surface area contributed by atoms with Crippen molar-refractivity contribution in [2.24, 2.45) is 11.0 Å². The first kappa shape index (κ1) is 21.7. The molecule has 1 aliphatic rings. The van der Waals surface area contributed by atoms with Gasteiger partial charge in [0.15, 0.2) is 9.84 Å². The van der Waals surface area contributed by atoms with E-state index in [2.05, 4.69) is 10.0 Å². The number of sulfone groups is 1. The molecule has 1 saturated carbocycles. The zero-order valence-corrected chi connectivity index (χ0v) is 18.0. The van der Waals surface area contributed by atoms with Crippen molar-refractivity contribution in [2.45, 2.75) is 47.8 Å². The molecule has 3 atom stereocenters. The molecule has 1 unspecified atom stereocenters. The number of rotatable bonds is 8. The maximum absolute atomic E-state index is 12.9. The van der Waals surface area contributed by atoms with Crippen LogP contribution in [-0.4, -0.2) is 32.6 Å². The second-order valence-corrected chi connectivity index (χ2v) is 10.1. The molecule has 0 saturated heterocycles. The summed E-state index contributed by atoms with van der Waals surface area (Å²) in [5.41, 5.74) is 10.1. The van der Waals surface area contributed by atoms with E-state index >= 15 is 0 Å². The van der Waals surface area contributed by atoms with Crippen LogP contribution in [0.15, 0.2) is 69.5 Å². The van der Waals surface area contributed by atoms with E-state index in [1.165, 1.54) is 0 Å². The lowest BCUT2D eigenvalue weighted by molar-refractivity contribution is 0.00309. The van der Waals surface area contributed by atoms with Crippen molar-refractivity contribution < 1.29 is 13.2 Å². The Bertz CT molecular complexity index is 943. The fourth-order valence-corrected chi connectivity index (χ4v) is 5.78. The van der Waals surface area contributed by atoms with Gasteiger partial charge in [-0.1, -0.05) is 35.4 Å². The smallest absolute Gasteiger partial charge is 0.178 e. The molecular formula is C21H25N3O3S2. The van der Waals surface area contributed by atoms with Crippen LogP contribution in [0.1, 0.15) is 24.8 Å². The predicted molar refractivity (Wildman–Crippen MR) is 116 cm³/mol. The summed E-state index contributed by atoms with van der Waals surface area (Å²) in [7, 11) is -3.44. The second kappa shape index (κ2) is 10.2. The average molecular weight is 432 g/mol. The molecule has 1 aliphatic carbocycles. The average Bonchev–Trinajstić information content (AvgIpc) is 2.74. The quantitative estimate of drug-likeness (QED) is 0.247. The van der Waals surface area contributed by atoms with Gasteiger partial charge in [-0.25, -0.2) is 8.42 Å². The van der Waals surface area contributed by atoms with E-state index in [-0.39, 0.29) is 23.8 Å². The molecule has 0 bridgehead atoms. The van der Waals surface area contributed by atoms with Crippen LogP contribution in [0.4, 0.5) is 0 Å². The van der Waals surface area contributed by atoms with Crippen LogP contribution in [0.25, 0.3) is 10.4 Å². The van der Waals surface area contributed by atoms with Crippen LogP contribution < -0.4 is 0 Å². The highest BCUT2D eigenvalue weighted by Gasteiger charge is 2.34. The Morgan fingerprint density at radius 1 is 1.14 bits per heavy atom. The van der Waals surface area contributed by atoms with E-state index in [1.54, 1.807) is 23.9 Å². The molecule has 0 radical (unpaired) electrons. The largest absolute Gasteiger partial charge is 0.374 e. The summed E-state index contributed by atoms with van der Waals surface area (Å²) >= 11 is 1.57. The Morgan fingerprint density at radius 2 is 1.86 bits per heavy atom. The highest BCUT2D eigenvalue weighted by Crippen LogP contribution is 2.32. The lowest BCUT2D eigenvalue weighted by Gasteiger charge is -2.33. The van der Waals surface area contributed by atoms with Gasteiger partial charge in [-0.15, -0.1) is 11.8 Å². The molecule has 6 nitrogen and oxygen atoms in total. The summed E-state index contributed by atoms with van der Waals surface area (Å²) in [5, 5.41) is 3.91. The molecule has 0 aromatic heterocycles. The van der Waals surface area contributed by atoms with Crippen LogP contribution in [0, 0.1) is 5.92 Å². The molecule has 29 heavy (non-hydrogen) atoms. The summed E-state index contributed by atoms with van der Waals surface area (Å²) in [6.45, 7) is 0.499. The Hall–Kier alpha value is -1.99. The van der Waals surface area contributed by atoms with Gasteiger partial charge in [-0.3, -0.25) is 0 Å². The van der Waals surface area contributed by atoms with Crippen molar-refractivity contribution in [2.75, 3.05) is 12.0 Å². The van der Waals surface area contributed by atoms with Gasteiger partial charge >= 0.3 is 0 Å². The Balaban J connectivity index is 1.64. The number of azide groups is 1. The monoisotopic (exact) mass is 431 g/mol. The molecule has 0 spiro atoms. The first-order chi connectivity index (χ1) is 14.0. The predicted octanol–water partition coefficient (Wildman–Crippen LogP) is 5.25. The molecule has 1 fully saturated rings. The number of ether oxygens (including phenoxy) is 1. The highest BCUT2D eigenvalue weighted by atomic mass is 32.2. The van der Waals surface area contributed by atoms with E-state index in [4.69, 9.17) is 10.3 Å². The maximum atomic E-state index is 12.9. The lowest BCUT2D eigenvalue weighted by Crippen LogP contribution is -2.36. The van der Waals surface area contributed by atoms with Crippen LogP contribution >= 0.6 is 11.8 Å². The van der Waals surface area contributed by atoms with Crippen molar-refractivity contribution in [3.8, 4) is 0 Å². The van der Waals surface area contributed by atoms with Crippen LogP contribution in [0.3, 0.4) is 0 Å². The van der Waals surface area contributed by atoms with Crippen molar-refractivity contribution in [1.29, 1.82) is 0 Å². The van der Waals surface area contributed by atoms with Gasteiger partial charge in [0, 0.05) is 15.8 Å². The van der Waals surface area contributed by atoms with E-state index in [9.17, 15) is 8.42 Å².